The summed E-state index contributed by atoms with van der Waals surface area (Å²) in [6, 6.07) is 12.0. The van der Waals surface area contributed by atoms with Crippen molar-refractivity contribution < 1.29 is 31.5 Å². The Bertz CT molecular complexity index is 1350. The summed E-state index contributed by atoms with van der Waals surface area (Å²) in [5, 5.41) is 6.21. The Morgan fingerprint density at radius 1 is 0.950 bits per heavy atom. The molecule has 1 saturated heterocycles. The molecule has 3 aromatic rings. The second kappa shape index (κ2) is 12.2. The average molecular weight is 563 g/mol. The van der Waals surface area contributed by atoms with Crippen molar-refractivity contribution in [3.8, 4) is 0 Å². The molecule has 0 atom stereocenters. The summed E-state index contributed by atoms with van der Waals surface area (Å²) in [7, 11) is 0. The molecule has 0 saturated carbocycles. The molecule has 8 nitrogen and oxygen atoms in total. The summed E-state index contributed by atoms with van der Waals surface area (Å²) >= 11 is 0. The molecule has 13 heteroatoms. The number of hydrogen-bond donors (Lipinski definition) is 3. The van der Waals surface area contributed by atoms with Crippen LogP contribution in [-0.2, 0) is 22.6 Å². The van der Waals surface area contributed by atoms with E-state index in [2.05, 4.69) is 15.6 Å². The fraction of sp³-hybridized carbons (Fsp3) is 0.296. The van der Waals surface area contributed by atoms with E-state index in [1.54, 1.807) is 18.2 Å². The largest absolute Gasteiger partial charge is 0.471 e. The molecular formula is C27H27F5N6O2. The summed E-state index contributed by atoms with van der Waals surface area (Å²) in [5.41, 5.74) is 8.18. The smallest absolute Gasteiger partial charge is 0.381 e. The number of benzene rings is 2. The number of halogens is 5. The van der Waals surface area contributed by atoms with E-state index in [0.29, 0.717) is 41.3 Å². The van der Waals surface area contributed by atoms with Crippen LogP contribution < -0.4 is 21.3 Å². The maximum atomic E-state index is 13.6. The van der Waals surface area contributed by atoms with E-state index >= 15 is 0 Å². The highest BCUT2D eigenvalue weighted by Crippen LogP contribution is 2.26. The van der Waals surface area contributed by atoms with Gasteiger partial charge in [0.2, 0.25) is 5.91 Å². The molecule has 4 rings (SSSR count). The van der Waals surface area contributed by atoms with Crippen LogP contribution >= 0.6 is 0 Å². The van der Waals surface area contributed by atoms with E-state index in [4.69, 9.17) is 5.73 Å². The first-order valence-electron chi connectivity index (χ1n) is 12.4. The number of carbonyl (C=O) groups is 2. The molecule has 1 aromatic heterocycles. The summed E-state index contributed by atoms with van der Waals surface area (Å²) in [6.07, 6.45) is -3.10. The van der Waals surface area contributed by atoms with Crippen molar-refractivity contribution in [2.45, 2.75) is 25.6 Å². The van der Waals surface area contributed by atoms with Crippen molar-refractivity contribution >= 4 is 34.7 Å². The number of amides is 2. The third-order valence-electron chi connectivity index (χ3n) is 6.29. The van der Waals surface area contributed by atoms with E-state index in [9.17, 15) is 31.5 Å². The predicted molar refractivity (Wildman–Crippen MR) is 140 cm³/mol. The highest BCUT2D eigenvalue weighted by Gasteiger charge is 2.42. The van der Waals surface area contributed by atoms with Crippen molar-refractivity contribution in [1.29, 1.82) is 0 Å². The number of nitrogens with zero attached hydrogens (tertiary/aromatic N) is 3. The molecule has 212 valence electrons. The zero-order chi connectivity index (χ0) is 28.9. The minimum Gasteiger partial charge on any atom is -0.381 e. The van der Waals surface area contributed by atoms with Crippen molar-refractivity contribution in [1.82, 2.24) is 9.88 Å². The molecule has 0 aliphatic carbocycles. The van der Waals surface area contributed by atoms with Gasteiger partial charge in [-0.15, -0.1) is 0 Å². The first-order valence-corrected chi connectivity index (χ1v) is 12.4. The standard InChI is InChI=1S/C27H27F5N6O2/c28-19-10-17(11-20(29)13-19)15-34-23-14-25(35-16-18(23)12-24(33)39)36-21-2-4-22(5-3-21)37-6-1-7-38(9-8-37)26(40)27(30,31)32/h2-5,10-11,13-14,16H,1,6-9,12,15H2,(H2,33,39)(H2,34,35,36). The van der Waals surface area contributed by atoms with Crippen LogP contribution in [0.4, 0.5) is 44.8 Å². The van der Waals surface area contributed by atoms with Gasteiger partial charge < -0.3 is 26.2 Å². The first kappa shape index (κ1) is 28.6. The van der Waals surface area contributed by atoms with Crippen molar-refractivity contribution in [2.75, 3.05) is 41.7 Å². The zero-order valence-electron chi connectivity index (χ0n) is 21.3. The van der Waals surface area contributed by atoms with Gasteiger partial charge in [0, 0.05) is 73.7 Å². The average Bonchev–Trinajstić information content (AvgIpc) is 3.14. The van der Waals surface area contributed by atoms with Gasteiger partial charge in [-0.3, -0.25) is 9.59 Å². The molecule has 0 spiro atoms. The van der Waals surface area contributed by atoms with Crippen LogP contribution in [0, 0.1) is 11.6 Å². The van der Waals surface area contributed by atoms with Crippen LogP contribution in [0.25, 0.3) is 0 Å². The van der Waals surface area contributed by atoms with E-state index < -0.39 is 29.6 Å². The molecule has 4 N–H and O–H groups in total. The van der Waals surface area contributed by atoms with Crippen LogP contribution in [0.3, 0.4) is 0 Å². The summed E-state index contributed by atoms with van der Waals surface area (Å²) in [5.74, 6) is -3.38. The van der Waals surface area contributed by atoms with Gasteiger partial charge in [0.1, 0.15) is 17.5 Å². The summed E-state index contributed by atoms with van der Waals surface area (Å²) < 4.78 is 65.5. The van der Waals surface area contributed by atoms with Gasteiger partial charge in [-0.25, -0.2) is 13.8 Å². The Kier molecular flexibility index (Phi) is 8.70. The minimum absolute atomic E-state index is 0.0298. The number of rotatable bonds is 8. The number of alkyl halides is 3. The second-order valence-corrected chi connectivity index (χ2v) is 9.30. The lowest BCUT2D eigenvalue weighted by atomic mass is 10.1. The molecule has 1 aliphatic heterocycles. The Morgan fingerprint density at radius 2 is 1.65 bits per heavy atom. The number of carbonyl (C=O) groups excluding carboxylic acids is 2. The van der Waals surface area contributed by atoms with Crippen LogP contribution in [0.2, 0.25) is 0 Å². The van der Waals surface area contributed by atoms with Gasteiger partial charge in [-0.05, 0) is 48.4 Å². The lowest BCUT2D eigenvalue weighted by Crippen LogP contribution is -2.43. The van der Waals surface area contributed by atoms with Gasteiger partial charge >= 0.3 is 12.1 Å². The molecular weight excluding hydrogens is 535 g/mol. The van der Waals surface area contributed by atoms with Gasteiger partial charge in [0.25, 0.3) is 0 Å². The molecule has 0 radical (unpaired) electrons. The summed E-state index contributed by atoms with van der Waals surface area (Å²) in [6.45, 7) is 0.859. The van der Waals surface area contributed by atoms with Crippen LogP contribution in [-0.4, -0.2) is 54.1 Å². The van der Waals surface area contributed by atoms with Crippen molar-refractivity contribution in [3.05, 3.63) is 77.5 Å². The highest BCUT2D eigenvalue weighted by molar-refractivity contribution is 5.82. The van der Waals surface area contributed by atoms with Crippen LogP contribution in [0.1, 0.15) is 17.5 Å². The second-order valence-electron chi connectivity index (χ2n) is 9.30. The number of hydrogen-bond acceptors (Lipinski definition) is 6. The van der Waals surface area contributed by atoms with E-state index in [0.717, 1.165) is 16.7 Å². The highest BCUT2D eigenvalue weighted by atomic mass is 19.4. The molecule has 40 heavy (non-hydrogen) atoms. The Labute approximate surface area is 227 Å². The van der Waals surface area contributed by atoms with Gasteiger partial charge in [-0.2, -0.15) is 13.2 Å². The lowest BCUT2D eigenvalue weighted by Gasteiger charge is -2.24. The number of nitrogens with one attached hydrogen (secondary N) is 2. The van der Waals surface area contributed by atoms with Crippen LogP contribution in [0.5, 0.6) is 0 Å². The molecule has 2 aromatic carbocycles. The molecule has 0 unspecified atom stereocenters. The van der Waals surface area contributed by atoms with Gasteiger partial charge in [-0.1, -0.05) is 0 Å². The first-order chi connectivity index (χ1) is 19.0. The van der Waals surface area contributed by atoms with E-state index in [1.807, 2.05) is 17.0 Å². The molecule has 2 heterocycles. The van der Waals surface area contributed by atoms with Crippen LogP contribution in [0.15, 0.2) is 54.7 Å². The zero-order valence-corrected chi connectivity index (χ0v) is 21.3. The number of pyridine rings is 1. The molecule has 0 bridgehead atoms. The number of anilines is 4. The molecule has 2 amide bonds. The fourth-order valence-corrected chi connectivity index (χ4v) is 4.42. The van der Waals surface area contributed by atoms with Crippen molar-refractivity contribution in [2.24, 2.45) is 5.73 Å². The molecule has 1 aliphatic rings. The third kappa shape index (κ3) is 7.58. The number of aromatic nitrogens is 1. The topological polar surface area (TPSA) is 104 Å². The maximum Gasteiger partial charge on any atom is 0.471 e. The predicted octanol–water partition coefficient (Wildman–Crippen LogP) is 4.34. The minimum atomic E-state index is -4.89. The Hall–Kier alpha value is -4.42. The normalized spacial score (nSPS) is 14.0. The molecule has 1 fully saturated rings. The van der Waals surface area contributed by atoms with E-state index in [-0.39, 0.29) is 32.6 Å². The van der Waals surface area contributed by atoms with Crippen molar-refractivity contribution in [3.63, 3.8) is 0 Å². The Balaban J connectivity index is 1.43. The number of primary amides is 1. The fourth-order valence-electron chi connectivity index (χ4n) is 4.42. The quantitative estimate of drug-likeness (QED) is 0.353. The maximum absolute atomic E-state index is 13.6. The van der Waals surface area contributed by atoms with Gasteiger partial charge in [0.05, 0.1) is 6.42 Å². The Morgan fingerprint density at radius 3 is 2.30 bits per heavy atom. The SMILES string of the molecule is NC(=O)Cc1cnc(Nc2ccc(N3CCCN(C(=O)C(F)(F)F)CC3)cc2)cc1NCc1cc(F)cc(F)c1. The monoisotopic (exact) mass is 562 g/mol. The summed E-state index contributed by atoms with van der Waals surface area (Å²) in [4.78, 5) is 30.2. The van der Waals surface area contributed by atoms with Gasteiger partial charge in [0.15, 0.2) is 0 Å². The lowest BCUT2D eigenvalue weighted by molar-refractivity contribution is -0.185. The third-order valence-corrected chi connectivity index (χ3v) is 6.29. The number of nitrogens with two attached hydrogens (primary N) is 1. The van der Waals surface area contributed by atoms with E-state index in [1.165, 1.54) is 18.3 Å².